The Hall–Kier alpha value is -0.820. The summed E-state index contributed by atoms with van der Waals surface area (Å²) >= 11 is 0. The standard InChI is InChI=1S/C20H31N/c1-16(2)18-8-6-17(7-9-18)14-20(12-4-3-5-13-20)15-21-19-10-11-19/h6-9,16,19,21H,3-5,10-15H2,1-2H3. The Bertz CT molecular complexity index is 435. The lowest BCUT2D eigenvalue weighted by molar-refractivity contribution is 0.180. The van der Waals surface area contributed by atoms with Gasteiger partial charge in [-0.25, -0.2) is 0 Å². The SMILES string of the molecule is CC(C)c1ccc(CC2(CNC3CC3)CCCCC2)cc1. The molecule has 0 unspecified atom stereocenters. The van der Waals surface area contributed by atoms with E-state index >= 15 is 0 Å². The molecule has 0 bridgehead atoms. The van der Waals surface area contributed by atoms with Crippen molar-refractivity contribution in [2.75, 3.05) is 6.54 Å². The van der Waals surface area contributed by atoms with E-state index in [1.54, 1.807) is 5.56 Å². The molecule has 0 aromatic heterocycles. The van der Waals surface area contributed by atoms with Crippen LogP contribution in [0.25, 0.3) is 0 Å². The van der Waals surface area contributed by atoms with Gasteiger partial charge < -0.3 is 5.32 Å². The average Bonchev–Trinajstić information content (AvgIpc) is 3.31. The van der Waals surface area contributed by atoms with Crippen molar-refractivity contribution < 1.29 is 0 Å². The Morgan fingerprint density at radius 1 is 1.05 bits per heavy atom. The second-order valence-electron chi connectivity index (χ2n) is 7.79. The lowest BCUT2D eigenvalue weighted by atomic mass is 9.70. The highest BCUT2D eigenvalue weighted by atomic mass is 15.0. The monoisotopic (exact) mass is 285 g/mol. The molecule has 1 nitrogen and oxygen atoms in total. The number of benzene rings is 1. The van der Waals surface area contributed by atoms with Crippen LogP contribution in [-0.4, -0.2) is 12.6 Å². The Balaban J connectivity index is 1.67. The van der Waals surface area contributed by atoms with Crippen molar-refractivity contribution in [3.8, 4) is 0 Å². The zero-order valence-corrected chi connectivity index (χ0v) is 13.8. The maximum atomic E-state index is 3.82. The van der Waals surface area contributed by atoms with Crippen LogP contribution in [-0.2, 0) is 6.42 Å². The van der Waals surface area contributed by atoms with Crippen molar-refractivity contribution in [3.05, 3.63) is 35.4 Å². The maximum Gasteiger partial charge on any atom is 0.00684 e. The molecule has 2 fully saturated rings. The molecule has 2 aliphatic rings. The van der Waals surface area contributed by atoms with Crippen molar-refractivity contribution in [3.63, 3.8) is 0 Å². The van der Waals surface area contributed by atoms with Crippen LogP contribution in [0.3, 0.4) is 0 Å². The summed E-state index contributed by atoms with van der Waals surface area (Å²) in [5.74, 6) is 0.638. The zero-order chi connectivity index (χ0) is 14.7. The van der Waals surface area contributed by atoms with E-state index in [2.05, 4.69) is 43.4 Å². The fourth-order valence-corrected chi connectivity index (χ4v) is 3.82. The Labute approximate surface area is 130 Å². The van der Waals surface area contributed by atoms with Crippen LogP contribution in [0.2, 0.25) is 0 Å². The smallest absolute Gasteiger partial charge is 0.00684 e. The van der Waals surface area contributed by atoms with Gasteiger partial charge in [0.15, 0.2) is 0 Å². The van der Waals surface area contributed by atoms with Crippen molar-refractivity contribution in [2.45, 2.75) is 77.2 Å². The van der Waals surface area contributed by atoms with E-state index in [1.165, 1.54) is 63.5 Å². The van der Waals surface area contributed by atoms with E-state index in [-0.39, 0.29) is 0 Å². The minimum absolute atomic E-state index is 0.528. The van der Waals surface area contributed by atoms with Crippen LogP contribution >= 0.6 is 0 Å². The molecular formula is C20H31N. The van der Waals surface area contributed by atoms with Crippen molar-refractivity contribution in [1.82, 2.24) is 5.32 Å². The topological polar surface area (TPSA) is 12.0 Å². The highest BCUT2D eigenvalue weighted by Gasteiger charge is 2.34. The highest BCUT2D eigenvalue weighted by molar-refractivity contribution is 5.25. The molecule has 116 valence electrons. The van der Waals surface area contributed by atoms with E-state index < -0.39 is 0 Å². The quantitative estimate of drug-likeness (QED) is 0.770. The summed E-state index contributed by atoms with van der Waals surface area (Å²) in [6.07, 6.45) is 11.2. The second kappa shape index (κ2) is 6.52. The van der Waals surface area contributed by atoms with Crippen LogP contribution in [0.15, 0.2) is 24.3 Å². The first-order chi connectivity index (χ1) is 10.2. The molecule has 0 amide bonds. The minimum Gasteiger partial charge on any atom is -0.313 e. The number of rotatable bonds is 6. The van der Waals surface area contributed by atoms with Crippen LogP contribution in [0.4, 0.5) is 0 Å². The molecule has 1 heteroatoms. The van der Waals surface area contributed by atoms with Gasteiger partial charge in [-0.2, -0.15) is 0 Å². The van der Waals surface area contributed by atoms with Gasteiger partial charge in [-0.15, -0.1) is 0 Å². The normalized spacial score (nSPS) is 21.7. The first-order valence-corrected chi connectivity index (χ1v) is 8.99. The number of hydrogen-bond donors (Lipinski definition) is 1. The molecule has 0 heterocycles. The van der Waals surface area contributed by atoms with Gasteiger partial charge in [0.2, 0.25) is 0 Å². The van der Waals surface area contributed by atoms with E-state index in [9.17, 15) is 0 Å². The lowest BCUT2D eigenvalue weighted by Gasteiger charge is -2.38. The van der Waals surface area contributed by atoms with E-state index in [0.717, 1.165) is 6.04 Å². The number of hydrogen-bond acceptors (Lipinski definition) is 1. The molecule has 2 saturated carbocycles. The van der Waals surface area contributed by atoms with Crippen LogP contribution in [0.5, 0.6) is 0 Å². The fraction of sp³-hybridized carbons (Fsp3) is 0.700. The van der Waals surface area contributed by atoms with Crippen molar-refractivity contribution in [2.24, 2.45) is 5.41 Å². The molecule has 0 radical (unpaired) electrons. The highest BCUT2D eigenvalue weighted by Crippen LogP contribution is 2.39. The molecule has 1 N–H and O–H groups in total. The zero-order valence-electron chi connectivity index (χ0n) is 13.8. The van der Waals surface area contributed by atoms with Gasteiger partial charge >= 0.3 is 0 Å². The van der Waals surface area contributed by atoms with Crippen molar-refractivity contribution >= 4 is 0 Å². The van der Waals surface area contributed by atoms with Crippen LogP contribution in [0.1, 0.15) is 75.8 Å². The van der Waals surface area contributed by atoms with Gasteiger partial charge in [-0.3, -0.25) is 0 Å². The first-order valence-electron chi connectivity index (χ1n) is 8.99. The predicted octanol–water partition coefficient (Wildman–Crippen LogP) is 5.06. The van der Waals surface area contributed by atoms with Crippen LogP contribution < -0.4 is 5.32 Å². The van der Waals surface area contributed by atoms with Crippen LogP contribution in [0, 0.1) is 5.41 Å². The Morgan fingerprint density at radius 2 is 1.71 bits per heavy atom. The summed E-state index contributed by atoms with van der Waals surface area (Å²) in [6.45, 7) is 5.79. The average molecular weight is 285 g/mol. The van der Waals surface area contributed by atoms with Crippen molar-refractivity contribution in [1.29, 1.82) is 0 Å². The minimum atomic E-state index is 0.528. The van der Waals surface area contributed by atoms with Gasteiger partial charge in [-0.05, 0) is 54.6 Å². The summed E-state index contributed by atoms with van der Waals surface area (Å²) in [5.41, 5.74) is 3.53. The van der Waals surface area contributed by atoms with Gasteiger partial charge in [0.1, 0.15) is 0 Å². The predicted molar refractivity (Wildman–Crippen MR) is 90.8 cm³/mol. The molecule has 21 heavy (non-hydrogen) atoms. The summed E-state index contributed by atoms with van der Waals surface area (Å²) in [7, 11) is 0. The summed E-state index contributed by atoms with van der Waals surface area (Å²) < 4.78 is 0. The molecule has 1 aromatic carbocycles. The molecule has 3 rings (SSSR count). The molecule has 0 atom stereocenters. The largest absolute Gasteiger partial charge is 0.313 e. The summed E-state index contributed by atoms with van der Waals surface area (Å²) in [6, 6.07) is 10.3. The lowest BCUT2D eigenvalue weighted by Crippen LogP contribution is -2.38. The molecule has 1 aromatic rings. The molecule has 2 aliphatic carbocycles. The molecule has 0 aliphatic heterocycles. The van der Waals surface area contributed by atoms with E-state index in [0.29, 0.717) is 11.3 Å². The third-order valence-electron chi connectivity index (χ3n) is 5.48. The molecule has 0 spiro atoms. The Kier molecular flexibility index (Phi) is 4.69. The van der Waals surface area contributed by atoms with E-state index in [1.807, 2.05) is 0 Å². The number of nitrogens with one attached hydrogen (secondary N) is 1. The maximum absolute atomic E-state index is 3.82. The summed E-state index contributed by atoms with van der Waals surface area (Å²) in [4.78, 5) is 0. The van der Waals surface area contributed by atoms with E-state index in [4.69, 9.17) is 0 Å². The van der Waals surface area contributed by atoms with Gasteiger partial charge in [0.05, 0.1) is 0 Å². The molecule has 0 saturated heterocycles. The Morgan fingerprint density at radius 3 is 2.29 bits per heavy atom. The summed E-state index contributed by atoms with van der Waals surface area (Å²) in [5, 5.41) is 3.82. The first kappa shape index (κ1) is 15.1. The van der Waals surface area contributed by atoms with Gasteiger partial charge in [0, 0.05) is 12.6 Å². The third kappa shape index (κ3) is 4.10. The van der Waals surface area contributed by atoms with Gasteiger partial charge in [-0.1, -0.05) is 57.4 Å². The fourth-order valence-electron chi connectivity index (χ4n) is 3.82. The molecular weight excluding hydrogens is 254 g/mol. The third-order valence-corrected chi connectivity index (χ3v) is 5.48. The second-order valence-corrected chi connectivity index (χ2v) is 7.79. The van der Waals surface area contributed by atoms with Gasteiger partial charge in [0.25, 0.3) is 0 Å².